The van der Waals surface area contributed by atoms with Gasteiger partial charge in [0.2, 0.25) is 10.0 Å². The molecule has 6 heteroatoms. The summed E-state index contributed by atoms with van der Waals surface area (Å²) in [5.74, 6) is 0. The normalized spacial score (nSPS) is 11.8. The van der Waals surface area contributed by atoms with Crippen LogP contribution >= 0.6 is 0 Å². The van der Waals surface area contributed by atoms with Crippen molar-refractivity contribution in [3.8, 4) is 0 Å². The molecular weight excluding hydrogens is 324 g/mol. The molecule has 0 saturated carbocycles. The molecule has 0 fully saturated rings. The van der Waals surface area contributed by atoms with Crippen LogP contribution < -0.4 is 0 Å². The summed E-state index contributed by atoms with van der Waals surface area (Å²) in [5.41, 5.74) is 2.73. The Morgan fingerprint density at radius 1 is 1.12 bits per heavy atom. The van der Waals surface area contributed by atoms with E-state index in [0.717, 1.165) is 16.7 Å². The summed E-state index contributed by atoms with van der Waals surface area (Å²) in [6.07, 6.45) is 3.99. The van der Waals surface area contributed by atoms with E-state index in [9.17, 15) is 8.42 Å². The Labute approximate surface area is 144 Å². The zero-order valence-electron chi connectivity index (χ0n) is 14.4. The highest BCUT2D eigenvalue weighted by Crippen LogP contribution is 2.23. The van der Waals surface area contributed by atoms with Crippen molar-refractivity contribution in [2.24, 2.45) is 0 Å². The summed E-state index contributed by atoms with van der Waals surface area (Å²) in [6.45, 7) is 5.04. The van der Waals surface area contributed by atoms with Crippen LogP contribution in [0.5, 0.6) is 0 Å². The van der Waals surface area contributed by atoms with Gasteiger partial charge in [0, 0.05) is 39.2 Å². The summed E-state index contributed by atoms with van der Waals surface area (Å²) in [5, 5.41) is 0. The fraction of sp³-hybridized carbons (Fsp3) is 0.389. The molecule has 1 aromatic heterocycles. The number of methoxy groups -OCH3 is 1. The van der Waals surface area contributed by atoms with Crippen molar-refractivity contribution in [1.29, 1.82) is 0 Å². The lowest BCUT2D eigenvalue weighted by Gasteiger charge is -2.23. The van der Waals surface area contributed by atoms with Crippen molar-refractivity contribution in [1.82, 2.24) is 9.29 Å². The second-order valence-corrected chi connectivity index (χ2v) is 7.72. The van der Waals surface area contributed by atoms with Gasteiger partial charge in [0.05, 0.1) is 4.90 Å². The second-order valence-electron chi connectivity index (χ2n) is 5.81. The zero-order valence-corrected chi connectivity index (χ0v) is 15.2. The molecule has 0 amide bonds. The minimum absolute atomic E-state index is 0.321. The van der Waals surface area contributed by atoms with Gasteiger partial charge >= 0.3 is 0 Å². The minimum Gasteiger partial charge on any atom is -0.385 e. The molecule has 24 heavy (non-hydrogen) atoms. The number of ether oxygens (including phenoxy) is 1. The van der Waals surface area contributed by atoms with E-state index in [1.165, 1.54) is 4.31 Å². The third kappa shape index (κ3) is 4.63. The van der Waals surface area contributed by atoms with Gasteiger partial charge in [-0.1, -0.05) is 17.7 Å². The van der Waals surface area contributed by atoms with Crippen LogP contribution in [0.4, 0.5) is 0 Å². The SMILES string of the molecule is COCCCN(Cc1ccncc1)S(=O)(=O)c1ccc(C)cc1C. The highest BCUT2D eigenvalue weighted by molar-refractivity contribution is 7.89. The number of pyridine rings is 1. The van der Waals surface area contributed by atoms with E-state index in [-0.39, 0.29) is 0 Å². The maximum absolute atomic E-state index is 13.1. The molecule has 2 aromatic rings. The third-order valence-corrected chi connectivity index (χ3v) is 5.82. The van der Waals surface area contributed by atoms with Crippen molar-refractivity contribution in [2.45, 2.75) is 31.7 Å². The standard InChI is InChI=1S/C18H24N2O3S/c1-15-5-6-18(16(2)13-15)24(21,22)20(11-4-12-23-3)14-17-7-9-19-10-8-17/h5-10,13H,4,11-12,14H2,1-3H3. The first-order valence-electron chi connectivity index (χ1n) is 7.90. The molecule has 0 aliphatic heterocycles. The average molecular weight is 348 g/mol. The first-order chi connectivity index (χ1) is 11.4. The van der Waals surface area contributed by atoms with Gasteiger partial charge in [-0.2, -0.15) is 4.31 Å². The van der Waals surface area contributed by atoms with Crippen LogP contribution in [0.1, 0.15) is 23.1 Å². The quantitative estimate of drug-likeness (QED) is 0.688. The molecule has 0 N–H and O–H groups in total. The summed E-state index contributed by atoms with van der Waals surface area (Å²) < 4.78 is 32.8. The topological polar surface area (TPSA) is 59.5 Å². The molecule has 0 aliphatic rings. The van der Waals surface area contributed by atoms with Crippen LogP contribution in [0.2, 0.25) is 0 Å². The van der Waals surface area contributed by atoms with Gasteiger partial charge in [-0.15, -0.1) is 0 Å². The highest BCUT2D eigenvalue weighted by Gasteiger charge is 2.25. The Bertz CT molecular complexity index is 761. The van der Waals surface area contributed by atoms with E-state index >= 15 is 0 Å². The molecule has 2 rings (SSSR count). The van der Waals surface area contributed by atoms with E-state index in [2.05, 4.69) is 4.98 Å². The Kier molecular flexibility index (Phi) is 6.48. The monoisotopic (exact) mass is 348 g/mol. The van der Waals surface area contributed by atoms with Gasteiger partial charge in [-0.05, 0) is 49.6 Å². The number of hydrogen-bond donors (Lipinski definition) is 0. The van der Waals surface area contributed by atoms with E-state index in [1.807, 2.05) is 38.1 Å². The molecule has 130 valence electrons. The molecule has 0 saturated heterocycles. The molecule has 0 bridgehead atoms. The molecule has 0 atom stereocenters. The highest BCUT2D eigenvalue weighted by atomic mass is 32.2. The lowest BCUT2D eigenvalue weighted by molar-refractivity contribution is 0.186. The third-order valence-electron chi connectivity index (χ3n) is 3.81. The van der Waals surface area contributed by atoms with E-state index < -0.39 is 10.0 Å². The second kappa shape index (κ2) is 8.37. The number of nitrogens with zero attached hydrogens (tertiary/aromatic N) is 2. The van der Waals surface area contributed by atoms with Crippen LogP contribution in [0.15, 0.2) is 47.6 Å². The zero-order chi connectivity index (χ0) is 17.6. The number of sulfonamides is 1. The molecular formula is C18H24N2O3S. The number of benzene rings is 1. The predicted molar refractivity (Wildman–Crippen MR) is 94.2 cm³/mol. The lowest BCUT2D eigenvalue weighted by atomic mass is 10.2. The van der Waals surface area contributed by atoms with Crippen LogP contribution in [0, 0.1) is 13.8 Å². The Balaban J connectivity index is 2.33. The Morgan fingerprint density at radius 2 is 1.83 bits per heavy atom. The van der Waals surface area contributed by atoms with Gasteiger partial charge in [0.15, 0.2) is 0 Å². The van der Waals surface area contributed by atoms with Crippen LogP contribution in [0.3, 0.4) is 0 Å². The predicted octanol–water partition coefficient (Wildman–Crippen LogP) is 2.93. The largest absolute Gasteiger partial charge is 0.385 e. The van der Waals surface area contributed by atoms with Gasteiger partial charge in [-0.25, -0.2) is 8.42 Å². The summed E-state index contributed by atoms with van der Waals surface area (Å²) in [4.78, 5) is 4.35. The number of aromatic nitrogens is 1. The van der Waals surface area contributed by atoms with Crippen molar-refractivity contribution in [2.75, 3.05) is 20.3 Å². The Hall–Kier alpha value is -1.76. The van der Waals surface area contributed by atoms with E-state index in [0.29, 0.717) is 31.0 Å². The van der Waals surface area contributed by atoms with Crippen molar-refractivity contribution in [3.63, 3.8) is 0 Å². The number of hydrogen-bond acceptors (Lipinski definition) is 4. The summed E-state index contributed by atoms with van der Waals surface area (Å²) >= 11 is 0. The van der Waals surface area contributed by atoms with Gasteiger partial charge in [-0.3, -0.25) is 4.98 Å². The molecule has 0 spiro atoms. The Morgan fingerprint density at radius 3 is 2.46 bits per heavy atom. The van der Waals surface area contributed by atoms with E-state index in [4.69, 9.17) is 4.74 Å². The molecule has 1 aromatic carbocycles. The fourth-order valence-corrected chi connectivity index (χ4v) is 4.26. The average Bonchev–Trinajstić information content (AvgIpc) is 2.54. The van der Waals surface area contributed by atoms with Crippen LogP contribution in [-0.2, 0) is 21.3 Å². The summed E-state index contributed by atoms with van der Waals surface area (Å²) in [6, 6.07) is 9.09. The van der Waals surface area contributed by atoms with E-state index in [1.54, 1.807) is 25.6 Å². The molecule has 0 aliphatic carbocycles. The molecule has 0 radical (unpaired) electrons. The first kappa shape index (κ1) is 18.6. The number of rotatable bonds is 8. The van der Waals surface area contributed by atoms with Crippen LogP contribution in [-0.4, -0.2) is 38.0 Å². The minimum atomic E-state index is -3.57. The number of aryl methyl sites for hydroxylation is 2. The van der Waals surface area contributed by atoms with Gasteiger partial charge in [0.25, 0.3) is 0 Å². The van der Waals surface area contributed by atoms with Crippen LogP contribution in [0.25, 0.3) is 0 Å². The molecule has 0 unspecified atom stereocenters. The maximum Gasteiger partial charge on any atom is 0.243 e. The van der Waals surface area contributed by atoms with Crippen molar-refractivity contribution >= 4 is 10.0 Å². The molecule has 1 heterocycles. The van der Waals surface area contributed by atoms with Crippen molar-refractivity contribution < 1.29 is 13.2 Å². The summed E-state index contributed by atoms with van der Waals surface area (Å²) in [7, 11) is -1.95. The van der Waals surface area contributed by atoms with Gasteiger partial charge in [0.1, 0.15) is 0 Å². The lowest BCUT2D eigenvalue weighted by Crippen LogP contribution is -2.32. The van der Waals surface area contributed by atoms with Gasteiger partial charge < -0.3 is 4.74 Å². The smallest absolute Gasteiger partial charge is 0.243 e. The maximum atomic E-state index is 13.1. The van der Waals surface area contributed by atoms with Crippen molar-refractivity contribution in [3.05, 3.63) is 59.4 Å². The first-order valence-corrected chi connectivity index (χ1v) is 9.34. The molecule has 5 nitrogen and oxygen atoms in total. The fourth-order valence-electron chi connectivity index (χ4n) is 2.59.